The third-order valence-corrected chi connectivity index (χ3v) is 8.01. The van der Waals surface area contributed by atoms with Gasteiger partial charge in [-0.1, -0.05) is 38.2 Å². The van der Waals surface area contributed by atoms with Crippen molar-refractivity contribution in [3.05, 3.63) is 36.0 Å². The molecule has 3 N–H and O–H groups in total. The lowest BCUT2D eigenvalue weighted by Gasteiger charge is -2.57. The van der Waals surface area contributed by atoms with Crippen molar-refractivity contribution in [1.29, 1.82) is 0 Å². The number of esters is 1. The van der Waals surface area contributed by atoms with Gasteiger partial charge in [-0.25, -0.2) is 4.79 Å². The minimum Gasteiger partial charge on any atom is -0.458 e. The van der Waals surface area contributed by atoms with Crippen LogP contribution in [0, 0.1) is 10.8 Å². The van der Waals surface area contributed by atoms with E-state index in [0.29, 0.717) is 13.0 Å². The van der Waals surface area contributed by atoms with Gasteiger partial charge in [0.2, 0.25) is 0 Å². The summed E-state index contributed by atoms with van der Waals surface area (Å²) in [5.74, 6) is -0.455. The van der Waals surface area contributed by atoms with E-state index in [1.165, 1.54) is 31.2 Å². The lowest BCUT2D eigenvalue weighted by molar-refractivity contribution is -0.209. The van der Waals surface area contributed by atoms with Gasteiger partial charge in [0.1, 0.15) is 11.7 Å². The Bertz CT molecular complexity index is 780. The number of allylic oxidation sites excluding steroid dienone is 2. The first kappa shape index (κ1) is 21.7. The van der Waals surface area contributed by atoms with E-state index in [1.807, 2.05) is 6.08 Å². The quantitative estimate of drug-likeness (QED) is 0.196. The third-order valence-electron chi connectivity index (χ3n) is 8.01. The second-order valence-electron chi connectivity index (χ2n) is 9.46. The summed E-state index contributed by atoms with van der Waals surface area (Å²) in [4.78, 5) is 12.5. The number of carbonyl (C=O) groups excluding carboxylic acids is 1. The normalized spacial score (nSPS) is 44.2. The van der Waals surface area contributed by atoms with Gasteiger partial charge in [0.05, 0.1) is 37.6 Å². The second kappa shape index (κ2) is 7.57. The van der Waals surface area contributed by atoms with Crippen LogP contribution < -0.4 is 0 Å². The highest BCUT2D eigenvalue weighted by molar-refractivity contribution is 5.82. The molecule has 2 bridgehead atoms. The molecule has 0 amide bonds. The fourth-order valence-corrected chi connectivity index (χ4v) is 5.72. The highest BCUT2D eigenvalue weighted by Gasteiger charge is 2.81. The summed E-state index contributed by atoms with van der Waals surface area (Å²) in [6.07, 6.45) is 7.53. The van der Waals surface area contributed by atoms with E-state index in [4.69, 9.17) is 14.2 Å². The van der Waals surface area contributed by atoms with Crippen LogP contribution in [0.3, 0.4) is 0 Å². The number of rotatable bonds is 6. The van der Waals surface area contributed by atoms with Gasteiger partial charge in [-0.2, -0.15) is 0 Å². The Kier molecular flexibility index (Phi) is 5.48. The van der Waals surface area contributed by atoms with Gasteiger partial charge in [-0.15, -0.1) is 0 Å². The summed E-state index contributed by atoms with van der Waals surface area (Å²) in [5.41, 5.74) is -0.0904. The van der Waals surface area contributed by atoms with Crippen molar-refractivity contribution in [3.8, 4) is 0 Å². The molecule has 4 aliphatic rings. The van der Waals surface area contributed by atoms with Crippen LogP contribution in [0.4, 0.5) is 0 Å². The summed E-state index contributed by atoms with van der Waals surface area (Å²) < 4.78 is 18.3. The molecule has 0 radical (unpaired) electrons. The van der Waals surface area contributed by atoms with Crippen molar-refractivity contribution in [1.82, 2.24) is 0 Å². The Morgan fingerprint density at radius 3 is 2.73 bits per heavy atom. The maximum atomic E-state index is 12.5. The molecule has 1 saturated carbocycles. The van der Waals surface area contributed by atoms with Crippen molar-refractivity contribution in [2.75, 3.05) is 13.2 Å². The van der Waals surface area contributed by atoms with Crippen LogP contribution in [-0.4, -0.2) is 70.6 Å². The van der Waals surface area contributed by atoms with E-state index in [1.54, 1.807) is 0 Å². The number of carbonyl (C=O) groups is 1. The SMILES string of the molecule is C[C@H](O)[C@@H](O)/C=C/C=C\C(=O)O[C@@H]1CC2OC3C=C(CO)CC[C@]3(C)C1(C)C21CO1. The molecule has 8 atom stereocenters. The van der Waals surface area contributed by atoms with Crippen LogP contribution in [0.1, 0.15) is 40.0 Å². The average molecular weight is 421 g/mol. The van der Waals surface area contributed by atoms with E-state index in [2.05, 4.69) is 13.8 Å². The van der Waals surface area contributed by atoms with Crippen molar-refractivity contribution in [2.45, 2.75) is 76.2 Å². The highest BCUT2D eigenvalue weighted by atomic mass is 16.6. The Morgan fingerprint density at radius 1 is 1.37 bits per heavy atom. The molecule has 7 heteroatoms. The Balaban J connectivity index is 1.52. The summed E-state index contributed by atoms with van der Waals surface area (Å²) in [6, 6.07) is 0. The highest BCUT2D eigenvalue weighted by Crippen LogP contribution is 2.71. The van der Waals surface area contributed by atoms with Crippen molar-refractivity contribution in [3.63, 3.8) is 0 Å². The molecule has 0 aromatic heterocycles. The van der Waals surface area contributed by atoms with Crippen LogP contribution in [0.15, 0.2) is 36.0 Å². The monoisotopic (exact) mass is 420 g/mol. The van der Waals surface area contributed by atoms with Crippen LogP contribution in [0.5, 0.6) is 0 Å². The average Bonchev–Trinajstić information content (AvgIpc) is 3.48. The van der Waals surface area contributed by atoms with E-state index >= 15 is 0 Å². The number of ether oxygens (including phenoxy) is 3. The van der Waals surface area contributed by atoms with E-state index < -0.39 is 29.2 Å². The van der Waals surface area contributed by atoms with Crippen molar-refractivity contribution >= 4 is 5.97 Å². The molecule has 7 nitrogen and oxygen atoms in total. The maximum Gasteiger partial charge on any atom is 0.331 e. The fourth-order valence-electron chi connectivity index (χ4n) is 5.72. The molecule has 4 rings (SSSR count). The standard InChI is InChI=1S/C23H32O7/c1-14(25)16(26)6-4-5-7-20(27)30-18-11-19-23(13-28-23)22(18,3)21(2)9-8-15(12-24)10-17(21)29-19/h4-7,10,14,16-19,24-26H,8-9,11-13H2,1-3H3/b6-4+,7-5-/t14-,16-,17?,18+,19?,21-,22?,23?/m0/s1. The molecular formula is C23H32O7. The largest absolute Gasteiger partial charge is 0.458 e. The molecule has 166 valence electrons. The second-order valence-corrected chi connectivity index (χ2v) is 9.46. The van der Waals surface area contributed by atoms with Crippen molar-refractivity contribution in [2.24, 2.45) is 10.8 Å². The number of aliphatic hydroxyl groups is 3. The lowest BCUT2D eigenvalue weighted by atomic mass is 9.52. The zero-order valence-corrected chi connectivity index (χ0v) is 17.8. The molecule has 0 aromatic carbocycles. The molecular weight excluding hydrogens is 388 g/mol. The lowest BCUT2D eigenvalue weighted by Crippen LogP contribution is -2.63. The molecule has 2 aliphatic carbocycles. The molecule has 2 heterocycles. The minimum atomic E-state index is -0.984. The predicted octanol–water partition coefficient (Wildman–Crippen LogP) is 1.42. The number of fused-ring (bicyclic) bond motifs is 2. The van der Waals surface area contributed by atoms with Gasteiger partial charge >= 0.3 is 5.97 Å². The minimum absolute atomic E-state index is 0.0411. The zero-order chi connectivity index (χ0) is 21.7. The van der Waals surface area contributed by atoms with E-state index in [9.17, 15) is 20.1 Å². The Hall–Kier alpha value is -1.51. The Morgan fingerprint density at radius 2 is 2.10 bits per heavy atom. The maximum absolute atomic E-state index is 12.5. The molecule has 1 spiro atoms. The van der Waals surface area contributed by atoms with Gasteiger partial charge < -0.3 is 29.5 Å². The summed E-state index contributed by atoms with van der Waals surface area (Å²) in [6.45, 7) is 6.48. The van der Waals surface area contributed by atoms with Crippen LogP contribution in [0.2, 0.25) is 0 Å². The van der Waals surface area contributed by atoms with Crippen LogP contribution in [0.25, 0.3) is 0 Å². The van der Waals surface area contributed by atoms with Crippen LogP contribution in [-0.2, 0) is 19.0 Å². The smallest absolute Gasteiger partial charge is 0.331 e. The first-order chi connectivity index (χ1) is 14.2. The van der Waals surface area contributed by atoms with E-state index in [0.717, 1.165) is 18.4 Å². The van der Waals surface area contributed by atoms with Gasteiger partial charge in [0, 0.05) is 23.3 Å². The van der Waals surface area contributed by atoms with Gasteiger partial charge in [-0.05, 0) is 25.3 Å². The molecule has 0 aromatic rings. The van der Waals surface area contributed by atoms with Crippen molar-refractivity contribution < 1.29 is 34.3 Å². The molecule has 2 saturated heterocycles. The number of aliphatic hydroxyl groups excluding tert-OH is 3. The van der Waals surface area contributed by atoms with Gasteiger partial charge in [0.15, 0.2) is 0 Å². The molecule has 4 unspecified atom stereocenters. The number of hydrogen-bond donors (Lipinski definition) is 3. The summed E-state index contributed by atoms with van der Waals surface area (Å²) in [7, 11) is 0. The first-order valence-electron chi connectivity index (χ1n) is 10.7. The zero-order valence-electron chi connectivity index (χ0n) is 17.8. The fraction of sp³-hybridized carbons (Fsp3) is 0.696. The Labute approximate surface area is 177 Å². The molecule has 3 fully saturated rings. The number of epoxide rings is 1. The first-order valence-corrected chi connectivity index (χ1v) is 10.7. The predicted molar refractivity (Wildman–Crippen MR) is 108 cm³/mol. The third kappa shape index (κ3) is 3.10. The van der Waals surface area contributed by atoms with Gasteiger partial charge in [-0.3, -0.25) is 0 Å². The van der Waals surface area contributed by atoms with Crippen LogP contribution >= 0.6 is 0 Å². The molecule has 30 heavy (non-hydrogen) atoms. The summed E-state index contributed by atoms with van der Waals surface area (Å²) >= 11 is 0. The van der Waals surface area contributed by atoms with E-state index in [-0.39, 0.29) is 30.3 Å². The summed E-state index contributed by atoms with van der Waals surface area (Å²) in [5, 5.41) is 28.4. The number of hydrogen-bond acceptors (Lipinski definition) is 7. The topological polar surface area (TPSA) is 109 Å². The van der Waals surface area contributed by atoms with Gasteiger partial charge in [0.25, 0.3) is 0 Å². The molecule has 2 aliphatic heterocycles.